The monoisotopic (exact) mass is 380 g/mol. The van der Waals surface area contributed by atoms with Crippen LogP contribution < -0.4 is 10.1 Å². The molecule has 0 radical (unpaired) electrons. The quantitative estimate of drug-likeness (QED) is 0.795. The fourth-order valence-electron chi connectivity index (χ4n) is 3.68. The number of amides is 2. The van der Waals surface area contributed by atoms with E-state index < -0.39 is 0 Å². The Morgan fingerprint density at radius 2 is 1.75 bits per heavy atom. The number of para-hydroxylation sites is 1. The molecule has 1 aliphatic heterocycles. The number of hydrogen-bond donors (Lipinski definition) is 1. The second-order valence-electron chi connectivity index (χ2n) is 7.17. The van der Waals surface area contributed by atoms with Crippen LogP contribution in [0.5, 0.6) is 5.75 Å². The molecule has 0 saturated carbocycles. The van der Waals surface area contributed by atoms with Crippen LogP contribution in [-0.4, -0.2) is 30.4 Å². The number of carbonyl (C=O) groups excluding carboxylic acids is 2. The number of anilines is 1. The minimum Gasteiger partial charge on any atom is -0.497 e. The fourth-order valence-corrected chi connectivity index (χ4v) is 3.68. The Hall–Kier alpha value is -2.82. The van der Waals surface area contributed by atoms with Crippen LogP contribution in [0.25, 0.3) is 0 Å². The lowest BCUT2D eigenvalue weighted by atomic mass is 10.0. The molecule has 0 aromatic heterocycles. The zero-order valence-corrected chi connectivity index (χ0v) is 16.8. The van der Waals surface area contributed by atoms with E-state index in [1.165, 1.54) is 0 Å². The van der Waals surface area contributed by atoms with Gasteiger partial charge in [0.15, 0.2) is 0 Å². The number of nitrogens with one attached hydrogen (secondary N) is 1. The molecule has 0 spiro atoms. The van der Waals surface area contributed by atoms with E-state index in [0.717, 1.165) is 41.0 Å². The van der Waals surface area contributed by atoms with Crippen molar-refractivity contribution in [3.8, 4) is 5.75 Å². The highest BCUT2D eigenvalue weighted by atomic mass is 16.5. The first-order valence-electron chi connectivity index (χ1n) is 9.88. The predicted molar refractivity (Wildman–Crippen MR) is 110 cm³/mol. The molecule has 2 amide bonds. The molecule has 1 heterocycles. The maximum Gasteiger partial charge on any atom is 0.229 e. The molecule has 1 atom stereocenters. The van der Waals surface area contributed by atoms with Gasteiger partial charge in [0.1, 0.15) is 5.75 Å². The van der Waals surface area contributed by atoms with Gasteiger partial charge in [-0.05, 0) is 41.7 Å². The van der Waals surface area contributed by atoms with E-state index >= 15 is 0 Å². The first-order valence-corrected chi connectivity index (χ1v) is 9.88. The Bertz CT molecular complexity index is 823. The third kappa shape index (κ3) is 4.35. The van der Waals surface area contributed by atoms with Crippen molar-refractivity contribution in [2.75, 3.05) is 19.0 Å². The van der Waals surface area contributed by atoms with Crippen molar-refractivity contribution >= 4 is 17.5 Å². The molecule has 148 valence electrons. The molecule has 1 saturated heterocycles. The minimum absolute atomic E-state index is 0.0236. The molecular formula is C23H28N2O3. The van der Waals surface area contributed by atoms with Crippen LogP contribution in [0.1, 0.15) is 37.0 Å². The number of rotatable bonds is 7. The van der Waals surface area contributed by atoms with Gasteiger partial charge in [-0.2, -0.15) is 0 Å². The molecule has 0 aliphatic carbocycles. The summed E-state index contributed by atoms with van der Waals surface area (Å²) in [6.07, 6.45) is 1.98. The van der Waals surface area contributed by atoms with E-state index in [2.05, 4.69) is 19.2 Å². The summed E-state index contributed by atoms with van der Waals surface area (Å²) in [5.41, 5.74) is 4.21. The molecule has 3 rings (SSSR count). The van der Waals surface area contributed by atoms with Crippen molar-refractivity contribution in [1.29, 1.82) is 0 Å². The maximum absolute atomic E-state index is 12.9. The summed E-state index contributed by atoms with van der Waals surface area (Å²) < 4.78 is 5.17. The van der Waals surface area contributed by atoms with Crippen LogP contribution >= 0.6 is 0 Å². The van der Waals surface area contributed by atoms with Gasteiger partial charge in [0, 0.05) is 25.2 Å². The highest BCUT2D eigenvalue weighted by Crippen LogP contribution is 2.26. The summed E-state index contributed by atoms with van der Waals surface area (Å²) in [7, 11) is 1.63. The minimum atomic E-state index is -0.319. The van der Waals surface area contributed by atoms with Gasteiger partial charge in [0.25, 0.3) is 0 Å². The van der Waals surface area contributed by atoms with Crippen LogP contribution in [0.3, 0.4) is 0 Å². The topological polar surface area (TPSA) is 58.6 Å². The van der Waals surface area contributed by atoms with Crippen LogP contribution in [0.15, 0.2) is 42.5 Å². The Morgan fingerprint density at radius 3 is 2.32 bits per heavy atom. The molecule has 5 nitrogen and oxygen atoms in total. The number of methoxy groups -OCH3 is 1. The van der Waals surface area contributed by atoms with Crippen molar-refractivity contribution in [1.82, 2.24) is 4.90 Å². The number of benzene rings is 2. The van der Waals surface area contributed by atoms with Gasteiger partial charge in [-0.15, -0.1) is 0 Å². The smallest absolute Gasteiger partial charge is 0.229 e. The Morgan fingerprint density at radius 1 is 1.11 bits per heavy atom. The summed E-state index contributed by atoms with van der Waals surface area (Å²) in [6.45, 7) is 5.13. The van der Waals surface area contributed by atoms with E-state index in [0.29, 0.717) is 13.1 Å². The van der Waals surface area contributed by atoms with Crippen molar-refractivity contribution in [2.24, 2.45) is 5.92 Å². The normalized spacial score (nSPS) is 16.3. The SMILES string of the molecule is CCc1cccc(CC)c1NC(=O)C1CC(=O)N(Cc2ccc(OC)cc2)C1. The standard InChI is InChI=1S/C23H28N2O3/c1-4-17-7-6-8-18(5-2)22(17)24-23(27)19-13-21(26)25(15-19)14-16-9-11-20(28-3)12-10-16/h6-12,19H,4-5,13-15H2,1-3H3,(H,24,27). The second kappa shape index (κ2) is 8.91. The number of nitrogens with zero attached hydrogens (tertiary/aromatic N) is 1. The molecule has 5 heteroatoms. The Balaban J connectivity index is 1.67. The lowest BCUT2D eigenvalue weighted by molar-refractivity contribution is -0.128. The highest BCUT2D eigenvalue weighted by molar-refractivity contribution is 5.98. The summed E-state index contributed by atoms with van der Waals surface area (Å²) >= 11 is 0. The van der Waals surface area contributed by atoms with Crippen LogP contribution in [0, 0.1) is 5.92 Å². The van der Waals surface area contributed by atoms with Gasteiger partial charge in [-0.3, -0.25) is 9.59 Å². The predicted octanol–water partition coefficient (Wildman–Crippen LogP) is 3.81. The van der Waals surface area contributed by atoms with Gasteiger partial charge in [0.05, 0.1) is 13.0 Å². The van der Waals surface area contributed by atoms with Gasteiger partial charge < -0.3 is 15.0 Å². The molecule has 1 unspecified atom stereocenters. The molecule has 0 bridgehead atoms. The third-order valence-electron chi connectivity index (χ3n) is 5.36. The van der Waals surface area contributed by atoms with Gasteiger partial charge in [-0.25, -0.2) is 0 Å². The van der Waals surface area contributed by atoms with Crippen LogP contribution in [0.2, 0.25) is 0 Å². The van der Waals surface area contributed by atoms with E-state index in [1.807, 2.05) is 42.5 Å². The van der Waals surface area contributed by atoms with E-state index in [1.54, 1.807) is 12.0 Å². The number of carbonyl (C=O) groups is 2. The molecule has 1 fully saturated rings. The average Bonchev–Trinajstić information content (AvgIpc) is 3.09. The maximum atomic E-state index is 12.9. The lowest BCUT2D eigenvalue weighted by Crippen LogP contribution is -2.28. The zero-order valence-electron chi connectivity index (χ0n) is 16.8. The molecular weight excluding hydrogens is 352 g/mol. The van der Waals surface area contributed by atoms with Crippen molar-refractivity contribution < 1.29 is 14.3 Å². The fraction of sp³-hybridized carbons (Fsp3) is 0.391. The lowest BCUT2D eigenvalue weighted by Gasteiger charge is -2.18. The number of likely N-dealkylation sites (tertiary alicyclic amines) is 1. The van der Waals surface area contributed by atoms with Crippen molar-refractivity contribution in [2.45, 2.75) is 39.7 Å². The second-order valence-corrected chi connectivity index (χ2v) is 7.17. The third-order valence-corrected chi connectivity index (χ3v) is 5.36. The molecule has 1 aliphatic rings. The van der Waals surface area contributed by atoms with Crippen LogP contribution in [-0.2, 0) is 29.0 Å². The summed E-state index contributed by atoms with van der Waals surface area (Å²) in [6, 6.07) is 13.8. The first-order chi connectivity index (χ1) is 13.5. The number of hydrogen-bond acceptors (Lipinski definition) is 3. The molecule has 1 N–H and O–H groups in total. The molecule has 2 aromatic carbocycles. The van der Waals surface area contributed by atoms with E-state index in [-0.39, 0.29) is 24.2 Å². The summed E-state index contributed by atoms with van der Waals surface area (Å²) in [4.78, 5) is 27.1. The Labute approximate surface area is 166 Å². The first kappa shape index (κ1) is 19.9. The Kier molecular flexibility index (Phi) is 6.34. The average molecular weight is 380 g/mol. The van der Waals surface area contributed by atoms with Gasteiger partial charge in [0.2, 0.25) is 11.8 Å². The number of aryl methyl sites for hydroxylation is 2. The highest BCUT2D eigenvalue weighted by Gasteiger charge is 2.34. The van der Waals surface area contributed by atoms with Crippen molar-refractivity contribution in [3.63, 3.8) is 0 Å². The van der Waals surface area contributed by atoms with E-state index in [9.17, 15) is 9.59 Å². The van der Waals surface area contributed by atoms with Crippen LogP contribution in [0.4, 0.5) is 5.69 Å². The summed E-state index contributed by atoms with van der Waals surface area (Å²) in [5, 5.41) is 3.11. The van der Waals surface area contributed by atoms with Gasteiger partial charge in [-0.1, -0.05) is 44.2 Å². The van der Waals surface area contributed by atoms with Crippen molar-refractivity contribution in [3.05, 3.63) is 59.2 Å². The largest absolute Gasteiger partial charge is 0.497 e. The zero-order chi connectivity index (χ0) is 20.1. The molecule has 2 aromatic rings. The number of ether oxygens (including phenoxy) is 1. The summed E-state index contributed by atoms with van der Waals surface area (Å²) in [5.74, 6) is 0.423. The molecule has 28 heavy (non-hydrogen) atoms. The van der Waals surface area contributed by atoms with Gasteiger partial charge >= 0.3 is 0 Å². The van der Waals surface area contributed by atoms with E-state index in [4.69, 9.17) is 4.74 Å².